The van der Waals surface area contributed by atoms with Crippen LogP contribution < -0.4 is 5.73 Å². The molecule has 0 saturated carbocycles. The van der Waals surface area contributed by atoms with Crippen molar-refractivity contribution in [2.45, 2.75) is 39.0 Å². The van der Waals surface area contributed by atoms with Crippen LogP contribution in [-0.2, 0) is 9.59 Å². The van der Waals surface area contributed by atoms with Crippen molar-refractivity contribution in [2.75, 3.05) is 26.3 Å². The normalized spacial score (nSPS) is 12.5. The standard InChI is InChI=1S/C15H28N2O4/c1-2-3-4-7-13(12-14(16)20)15(21)17(8-5-10-18)9-6-11-19/h4,7,13,18-19H,2-3,5-6,8-12H2,1H3,(H2,16,20). The van der Waals surface area contributed by atoms with Crippen LogP contribution in [0, 0.1) is 5.92 Å². The van der Waals surface area contributed by atoms with Crippen LogP contribution in [0.4, 0.5) is 0 Å². The quantitative estimate of drug-likeness (QED) is 0.455. The Morgan fingerprint density at radius 1 is 1.19 bits per heavy atom. The number of aliphatic hydroxyl groups excluding tert-OH is 2. The van der Waals surface area contributed by atoms with Gasteiger partial charge in [-0.3, -0.25) is 9.59 Å². The SMILES string of the molecule is CCCC=CC(CC(N)=O)C(=O)N(CCCO)CCCO. The number of primary amides is 1. The molecular weight excluding hydrogens is 272 g/mol. The summed E-state index contributed by atoms with van der Waals surface area (Å²) < 4.78 is 0. The summed E-state index contributed by atoms with van der Waals surface area (Å²) in [5, 5.41) is 17.8. The molecule has 2 amide bonds. The van der Waals surface area contributed by atoms with E-state index in [1.807, 2.05) is 13.0 Å². The lowest BCUT2D eigenvalue weighted by molar-refractivity contribution is -0.136. The average molecular weight is 300 g/mol. The minimum atomic E-state index is -0.563. The maximum Gasteiger partial charge on any atom is 0.230 e. The molecule has 0 radical (unpaired) electrons. The van der Waals surface area contributed by atoms with Crippen LogP contribution in [-0.4, -0.2) is 53.2 Å². The summed E-state index contributed by atoms with van der Waals surface area (Å²) in [7, 11) is 0. The van der Waals surface area contributed by atoms with Crippen molar-refractivity contribution >= 4 is 11.8 Å². The summed E-state index contributed by atoms with van der Waals surface area (Å²) in [5.74, 6) is -1.26. The fourth-order valence-electron chi connectivity index (χ4n) is 1.97. The zero-order valence-electron chi connectivity index (χ0n) is 12.8. The van der Waals surface area contributed by atoms with Crippen molar-refractivity contribution in [3.63, 3.8) is 0 Å². The third kappa shape index (κ3) is 9.20. The zero-order chi connectivity index (χ0) is 16.1. The van der Waals surface area contributed by atoms with Gasteiger partial charge in [-0.05, 0) is 19.3 Å². The van der Waals surface area contributed by atoms with E-state index in [0.29, 0.717) is 25.9 Å². The van der Waals surface area contributed by atoms with E-state index in [1.165, 1.54) is 0 Å². The molecule has 0 bridgehead atoms. The number of nitrogens with two attached hydrogens (primary N) is 1. The summed E-state index contributed by atoms with van der Waals surface area (Å²) in [6.45, 7) is 2.84. The topological polar surface area (TPSA) is 104 Å². The van der Waals surface area contributed by atoms with E-state index in [2.05, 4.69) is 0 Å². The summed E-state index contributed by atoms with van der Waals surface area (Å²) in [6.07, 6.45) is 6.36. The highest BCUT2D eigenvalue weighted by atomic mass is 16.3. The van der Waals surface area contributed by atoms with E-state index < -0.39 is 11.8 Å². The first-order chi connectivity index (χ1) is 10.1. The van der Waals surface area contributed by atoms with Gasteiger partial charge in [-0.15, -0.1) is 0 Å². The second-order valence-corrected chi connectivity index (χ2v) is 4.97. The molecule has 0 aromatic heterocycles. The Kier molecular flexibility index (Phi) is 11.5. The number of unbranched alkanes of at least 4 members (excludes halogenated alkanes) is 1. The largest absolute Gasteiger partial charge is 0.396 e. The summed E-state index contributed by atoms with van der Waals surface area (Å²) in [6, 6.07) is 0. The average Bonchev–Trinajstić information content (AvgIpc) is 2.45. The lowest BCUT2D eigenvalue weighted by Crippen LogP contribution is -2.39. The molecule has 6 heteroatoms. The summed E-state index contributed by atoms with van der Waals surface area (Å²) in [4.78, 5) is 25.2. The molecule has 1 unspecified atom stereocenters. The third-order valence-corrected chi connectivity index (χ3v) is 3.05. The highest BCUT2D eigenvalue weighted by Gasteiger charge is 2.23. The van der Waals surface area contributed by atoms with Crippen molar-refractivity contribution in [1.29, 1.82) is 0 Å². The maximum absolute atomic E-state index is 12.5. The van der Waals surface area contributed by atoms with Crippen LogP contribution in [0.1, 0.15) is 39.0 Å². The van der Waals surface area contributed by atoms with Gasteiger partial charge in [0.1, 0.15) is 0 Å². The van der Waals surface area contributed by atoms with Gasteiger partial charge in [0, 0.05) is 32.7 Å². The Bertz CT molecular complexity index is 324. The van der Waals surface area contributed by atoms with E-state index in [4.69, 9.17) is 15.9 Å². The molecule has 0 aliphatic carbocycles. The van der Waals surface area contributed by atoms with Crippen molar-refractivity contribution in [2.24, 2.45) is 11.7 Å². The van der Waals surface area contributed by atoms with Crippen LogP contribution in [0.3, 0.4) is 0 Å². The minimum Gasteiger partial charge on any atom is -0.396 e. The monoisotopic (exact) mass is 300 g/mol. The van der Waals surface area contributed by atoms with Gasteiger partial charge in [-0.2, -0.15) is 0 Å². The van der Waals surface area contributed by atoms with Crippen LogP contribution in [0.2, 0.25) is 0 Å². The smallest absolute Gasteiger partial charge is 0.230 e. The Morgan fingerprint density at radius 3 is 2.19 bits per heavy atom. The third-order valence-electron chi connectivity index (χ3n) is 3.05. The Morgan fingerprint density at radius 2 is 1.76 bits per heavy atom. The van der Waals surface area contributed by atoms with Gasteiger partial charge in [0.15, 0.2) is 0 Å². The Balaban J connectivity index is 4.83. The number of allylic oxidation sites excluding steroid dienone is 1. The van der Waals surface area contributed by atoms with Crippen LogP contribution in [0.25, 0.3) is 0 Å². The zero-order valence-corrected chi connectivity index (χ0v) is 12.8. The van der Waals surface area contributed by atoms with Crippen LogP contribution >= 0.6 is 0 Å². The van der Waals surface area contributed by atoms with Crippen molar-refractivity contribution in [3.8, 4) is 0 Å². The molecule has 0 saturated heterocycles. The number of nitrogens with zero attached hydrogens (tertiary/aromatic N) is 1. The Labute approximate surface area is 126 Å². The lowest BCUT2D eigenvalue weighted by atomic mass is 10.0. The fourth-order valence-corrected chi connectivity index (χ4v) is 1.97. The first kappa shape index (κ1) is 19.6. The van der Waals surface area contributed by atoms with E-state index in [-0.39, 0.29) is 25.5 Å². The molecule has 0 aliphatic heterocycles. The molecule has 1 atom stereocenters. The molecular formula is C15H28N2O4. The second-order valence-electron chi connectivity index (χ2n) is 4.97. The molecule has 0 rings (SSSR count). The van der Waals surface area contributed by atoms with E-state index in [1.54, 1.807) is 11.0 Å². The number of hydrogen-bond acceptors (Lipinski definition) is 4. The molecule has 0 heterocycles. The van der Waals surface area contributed by atoms with E-state index >= 15 is 0 Å². The van der Waals surface area contributed by atoms with Crippen LogP contribution in [0.5, 0.6) is 0 Å². The van der Waals surface area contributed by atoms with Gasteiger partial charge in [0.25, 0.3) is 0 Å². The molecule has 6 nitrogen and oxygen atoms in total. The van der Waals surface area contributed by atoms with Gasteiger partial charge in [0.05, 0.1) is 5.92 Å². The Hall–Kier alpha value is -1.40. The molecule has 0 spiro atoms. The molecule has 0 aliphatic rings. The number of amides is 2. The fraction of sp³-hybridized carbons (Fsp3) is 0.733. The summed E-state index contributed by atoms with van der Waals surface area (Å²) >= 11 is 0. The van der Waals surface area contributed by atoms with Gasteiger partial charge in [0.2, 0.25) is 11.8 Å². The van der Waals surface area contributed by atoms with Gasteiger partial charge < -0.3 is 20.8 Å². The minimum absolute atomic E-state index is 0.00490. The van der Waals surface area contributed by atoms with Gasteiger partial charge in [-0.1, -0.05) is 25.5 Å². The molecule has 21 heavy (non-hydrogen) atoms. The first-order valence-corrected chi connectivity index (χ1v) is 7.52. The second kappa shape index (κ2) is 12.3. The molecule has 122 valence electrons. The maximum atomic E-state index is 12.5. The molecule has 0 aromatic carbocycles. The van der Waals surface area contributed by atoms with Crippen molar-refractivity contribution in [3.05, 3.63) is 12.2 Å². The van der Waals surface area contributed by atoms with Gasteiger partial charge >= 0.3 is 0 Å². The predicted octanol–water partition coefficient (Wildman–Crippen LogP) is 0.428. The van der Waals surface area contributed by atoms with E-state index in [9.17, 15) is 9.59 Å². The predicted molar refractivity (Wildman–Crippen MR) is 81.3 cm³/mol. The number of carbonyl (C=O) groups excluding carboxylic acids is 2. The van der Waals surface area contributed by atoms with Crippen molar-refractivity contribution in [1.82, 2.24) is 4.90 Å². The highest BCUT2D eigenvalue weighted by Crippen LogP contribution is 2.12. The highest BCUT2D eigenvalue weighted by molar-refractivity contribution is 5.86. The molecule has 0 fully saturated rings. The van der Waals surface area contributed by atoms with Crippen LogP contribution in [0.15, 0.2) is 12.2 Å². The van der Waals surface area contributed by atoms with Gasteiger partial charge in [-0.25, -0.2) is 0 Å². The lowest BCUT2D eigenvalue weighted by Gasteiger charge is -2.25. The number of aliphatic hydroxyl groups is 2. The number of carbonyl (C=O) groups is 2. The number of rotatable bonds is 12. The number of hydrogen-bond donors (Lipinski definition) is 3. The molecule has 4 N–H and O–H groups in total. The van der Waals surface area contributed by atoms with E-state index in [0.717, 1.165) is 12.8 Å². The summed E-state index contributed by atoms with van der Waals surface area (Å²) in [5.41, 5.74) is 5.21. The van der Waals surface area contributed by atoms with Crippen molar-refractivity contribution < 1.29 is 19.8 Å². The first-order valence-electron chi connectivity index (χ1n) is 7.52. The molecule has 0 aromatic rings.